The number of hydrogen-bond donors (Lipinski definition) is 0. The number of rotatable bonds is 2. The van der Waals surface area contributed by atoms with Crippen LogP contribution >= 0.6 is 0 Å². The van der Waals surface area contributed by atoms with Crippen molar-refractivity contribution in [3.63, 3.8) is 0 Å². The van der Waals surface area contributed by atoms with Gasteiger partial charge in [0, 0.05) is 25.9 Å². The number of oxazole rings is 1. The summed E-state index contributed by atoms with van der Waals surface area (Å²) in [5, 5.41) is 0. The highest BCUT2D eigenvalue weighted by molar-refractivity contribution is 5.73. The molecule has 1 spiro atoms. The van der Waals surface area contributed by atoms with E-state index >= 15 is 0 Å². The minimum Gasteiger partial charge on any atom is -0.408 e. The van der Waals surface area contributed by atoms with Crippen LogP contribution < -0.4 is 5.76 Å². The normalized spacial score (nSPS) is 21.9. The summed E-state index contributed by atoms with van der Waals surface area (Å²) in [7, 11) is 0. The fraction of sp³-hybridized carbons (Fsp3) is 0.562. The van der Waals surface area contributed by atoms with Crippen LogP contribution in [-0.2, 0) is 16.1 Å². The van der Waals surface area contributed by atoms with Crippen molar-refractivity contribution in [1.82, 2.24) is 9.47 Å². The monoisotopic (exact) mass is 304 g/mol. The Labute approximate surface area is 128 Å². The molecule has 0 atom stereocenters. The van der Waals surface area contributed by atoms with Gasteiger partial charge in [0.25, 0.3) is 0 Å². The quantitative estimate of drug-likeness (QED) is 0.845. The van der Waals surface area contributed by atoms with Crippen molar-refractivity contribution in [3.05, 3.63) is 34.3 Å². The number of aryl methyl sites for hydroxylation is 1. The zero-order chi connectivity index (χ0) is 15.2. The topological polar surface area (TPSA) is 56.8 Å². The molecule has 0 bridgehead atoms. The summed E-state index contributed by atoms with van der Waals surface area (Å²) in [6.07, 6.45) is 1.69. The van der Waals surface area contributed by atoms with E-state index < -0.39 is 0 Å². The van der Waals surface area contributed by atoms with Crippen LogP contribution in [0.1, 0.15) is 18.4 Å². The summed E-state index contributed by atoms with van der Waals surface area (Å²) in [5.41, 5.74) is 2.62. The van der Waals surface area contributed by atoms with Gasteiger partial charge in [-0.05, 0) is 24.6 Å². The first kappa shape index (κ1) is 14.0. The van der Waals surface area contributed by atoms with Gasteiger partial charge in [-0.25, -0.2) is 4.79 Å². The number of aromatic nitrogens is 1. The Morgan fingerprint density at radius 1 is 1.18 bits per heavy atom. The van der Waals surface area contributed by atoms with Crippen LogP contribution in [0.3, 0.4) is 0 Å². The molecule has 4 rings (SSSR count). The molecule has 0 saturated carbocycles. The number of hydrogen-bond acceptors (Lipinski definition) is 5. The van der Waals surface area contributed by atoms with E-state index in [9.17, 15) is 4.79 Å². The first-order valence-corrected chi connectivity index (χ1v) is 7.76. The summed E-state index contributed by atoms with van der Waals surface area (Å²) in [6.45, 7) is 5.64. The SMILES string of the molecule is Cc1ccc2oc(=O)n(CN3CCC4(CC3)OCCO4)c2c1. The second-order valence-corrected chi connectivity index (χ2v) is 6.13. The number of benzene rings is 1. The lowest BCUT2D eigenvalue weighted by atomic mass is 10.0. The fourth-order valence-corrected chi connectivity index (χ4v) is 3.33. The van der Waals surface area contributed by atoms with Gasteiger partial charge in [0.2, 0.25) is 0 Å². The Bertz CT molecular complexity index is 732. The first-order valence-electron chi connectivity index (χ1n) is 7.76. The summed E-state index contributed by atoms with van der Waals surface area (Å²) in [4.78, 5) is 14.3. The smallest absolute Gasteiger partial charge is 0.408 e. The van der Waals surface area contributed by atoms with Crippen LogP contribution in [-0.4, -0.2) is 41.6 Å². The van der Waals surface area contributed by atoms with Crippen molar-refractivity contribution in [2.75, 3.05) is 26.3 Å². The van der Waals surface area contributed by atoms with Crippen LogP contribution in [0.25, 0.3) is 11.1 Å². The van der Waals surface area contributed by atoms with Gasteiger partial charge in [0.05, 0.1) is 25.4 Å². The van der Waals surface area contributed by atoms with Crippen LogP contribution in [0.15, 0.2) is 27.4 Å². The lowest BCUT2D eigenvalue weighted by Crippen LogP contribution is -2.46. The molecule has 1 aromatic heterocycles. The van der Waals surface area contributed by atoms with Gasteiger partial charge in [-0.1, -0.05) is 6.07 Å². The zero-order valence-electron chi connectivity index (χ0n) is 12.7. The molecular formula is C16H20N2O4. The van der Waals surface area contributed by atoms with E-state index in [1.807, 2.05) is 25.1 Å². The predicted molar refractivity (Wildman–Crippen MR) is 80.7 cm³/mol. The van der Waals surface area contributed by atoms with Crippen molar-refractivity contribution < 1.29 is 13.9 Å². The van der Waals surface area contributed by atoms with E-state index in [1.165, 1.54) is 0 Å². The first-order chi connectivity index (χ1) is 10.7. The molecule has 0 amide bonds. The average Bonchev–Trinajstić information content (AvgIpc) is 3.08. The van der Waals surface area contributed by atoms with Crippen LogP contribution in [0.5, 0.6) is 0 Å². The molecule has 2 aliphatic rings. The Morgan fingerprint density at radius 3 is 2.64 bits per heavy atom. The largest absolute Gasteiger partial charge is 0.421 e. The second kappa shape index (κ2) is 5.22. The van der Waals surface area contributed by atoms with Crippen molar-refractivity contribution >= 4 is 11.1 Å². The van der Waals surface area contributed by atoms with Crippen molar-refractivity contribution in [2.24, 2.45) is 0 Å². The number of nitrogens with zero attached hydrogens (tertiary/aromatic N) is 2. The van der Waals surface area contributed by atoms with Gasteiger partial charge >= 0.3 is 5.76 Å². The summed E-state index contributed by atoms with van der Waals surface area (Å²) in [5.74, 6) is -0.675. The van der Waals surface area contributed by atoms with Crippen molar-refractivity contribution in [2.45, 2.75) is 32.2 Å². The van der Waals surface area contributed by atoms with Gasteiger partial charge in [-0.3, -0.25) is 9.47 Å². The van der Waals surface area contributed by atoms with E-state index in [1.54, 1.807) is 4.57 Å². The number of likely N-dealkylation sites (tertiary alicyclic amines) is 1. The Morgan fingerprint density at radius 2 is 1.91 bits per heavy atom. The van der Waals surface area contributed by atoms with Gasteiger partial charge in [0.1, 0.15) is 0 Å². The van der Waals surface area contributed by atoms with Gasteiger partial charge in [-0.15, -0.1) is 0 Å². The lowest BCUT2D eigenvalue weighted by molar-refractivity contribution is -0.187. The molecule has 2 aliphatic heterocycles. The maximum atomic E-state index is 12.1. The van der Waals surface area contributed by atoms with Gasteiger partial charge in [0.15, 0.2) is 11.4 Å². The number of piperidine rings is 1. The average molecular weight is 304 g/mol. The summed E-state index contributed by atoms with van der Waals surface area (Å²) < 4.78 is 18.5. The molecule has 22 heavy (non-hydrogen) atoms. The molecule has 6 heteroatoms. The number of fused-ring (bicyclic) bond motifs is 1. The molecule has 118 valence electrons. The minimum atomic E-state index is -0.378. The molecule has 2 aromatic rings. The highest BCUT2D eigenvalue weighted by Gasteiger charge is 2.39. The standard InChI is InChI=1S/C16H20N2O4/c1-12-2-3-14-13(10-12)18(15(19)22-14)11-17-6-4-16(5-7-17)20-8-9-21-16/h2-3,10H,4-9,11H2,1H3. The molecule has 2 saturated heterocycles. The Balaban J connectivity index is 1.53. The second-order valence-electron chi connectivity index (χ2n) is 6.13. The van der Waals surface area contributed by atoms with E-state index in [2.05, 4.69) is 4.90 Å². The molecule has 0 radical (unpaired) electrons. The predicted octanol–water partition coefficient (Wildman–Crippen LogP) is 1.70. The van der Waals surface area contributed by atoms with Crippen LogP contribution in [0.2, 0.25) is 0 Å². The highest BCUT2D eigenvalue weighted by Crippen LogP contribution is 2.31. The van der Waals surface area contributed by atoms with E-state index in [4.69, 9.17) is 13.9 Å². The molecule has 6 nitrogen and oxygen atoms in total. The molecule has 0 aliphatic carbocycles. The maximum absolute atomic E-state index is 12.1. The van der Waals surface area contributed by atoms with Crippen LogP contribution in [0, 0.1) is 6.92 Å². The Kier molecular flexibility index (Phi) is 3.32. The van der Waals surface area contributed by atoms with E-state index in [-0.39, 0.29) is 11.5 Å². The lowest BCUT2D eigenvalue weighted by Gasteiger charge is -2.37. The van der Waals surface area contributed by atoms with E-state index in [0.29, 0.717) is 25.5 Å². The zero-order valence-corrected chi connectivity index (χ0v) is 12.7. The molecule has 2 fully saturated rings. The van der Waals surface area contributed by atoms with Gasteiger partial charge in [-0.2, -0.15) is 0 Å². The maximum Gasteiger partial charge on any atom is 0.421 e. The molecular weight excluding hydrogens is 284 g/mol. The third-order valence-electron chi connectivity index (χ3n) is 4.60. The fourth-order valence-electron chi connectivity index (χ4n) is 3.33. The minimum absolute atomic E-state index is 0.297. The Hall–Kier alpha value is -1.63. The summed E-state index contributed by atoms with van der Waals surface area (Å²) >= 11 is 0. The number of ether oxygens (including phenoxy) is 2. The van der Waals surface area contributed by atoms with Crippen LogP contribution in [0.4, 0.5) is 0 Å². The highest BCUT2D eigenvalue weighted by atomic mass is 16.7. The molecule has 0 unspecified atom stereocenters. The van der Waals surface area contributed by atoms with Gasteiger partial charge < -0.3 is 13.9 Å². The van der Waals surface area contributed by atoms with Crippen molar-refractivity contribution in [1.29, 1.82) is 0 Å². The molecule has 0 N–H and O–H groups in total. The van der Waals surface area contributed by atoms with E-state index in [0.717, 1.165) is 37.0 Å². The summed E-state index contributed by atoms with van der Waals surface area (Å²) in [6, 6.07) is 5.80. The third-order valence-corrected chi connectivity index (χ3v) is 4.60. The molecule has 1 aromatic carbocycles. The van der Waals surface area contributed by atoms with Crippen molar-refractivity contribution in [3.8, 4) is 0 Å². The third kappa shape index (κ3) is 2.37. The molecule has 3 heterocycles.